The van der Waals surface area contributed by atoms with Crippen LogP contribution in [0, 0.1) is 35.5 Å². The molecule has 15 nitrogen and oxygen atoms in total. The topological polar surface area (TPSA) is 194 Å². The van der Waals surface area contributed by atoms with Gasteiger partial charge in [0, 0.05) is 52.6 Å². The van der Waals surface area contributed by atoms with Crippen LogP contribution in [0.4, 0.5) is 4.79 Å². The van der Waals surface area contributed by atoms with Crippen molar-refractivity contribution in [1.29, 1.82) is 0 Å². The quantitative estimate of drug-likeness (QED) is 0.151. The number of hydrogen-bond acceptors (Lipinski definition) is 14. The summed E-state index contributed by atoms with van der Waals surface area (Å²) >= 11 is 0. The minimum absolute atomic E-state index is 0.0728. The van der Waals surface area contributed by atoms with E-state index >= 15 is 0 Å². The van der Waals surface area contributed by atoms with Gasteiger partial charge in [-0.15, -0.1) is 0 Å². The zero-order chi connectivity index (χ0) is 50.1. The first-order valence-corrected chi connectivity index (χ1v) is 25.0. The minimum atomic E-state index is -2.44. The van der Waals surface area contributed by atoms with Crippen molar-refractivity contribution in [1.82, 2.24) is 4.90 Å². The van der Waals surface area contributed by atoms with Gasteiger partial charge in [0.2, 0.25) is 5.79 Å². The molecule has 3 saturated heterocycles. The summed E-state index contributed by atoms with van der Waals surface area (Å²) in [4.78, 5) is 72.2. The van der Waals surface area contributed by atoms with Crippen LogP contribution in [0.15, 0.2) is 47.6 Å². The van der Waals surface area contributed by atoms with Crippen LogP contribution >= 0.6 is 0 Å². The Morgan fingerprint density at radius 2 is 1.59 bits per heavy atom. The molecule has 0 aromatic carbocycles. The largest absolute Gasteiger partial charge is 0.509 e. The number of fused-ring (bicyclic) bond motifs is 5. The van der Waals surface area contributed by atoms with Gasteiger partial charge in [-0.05, 0) is 120 Å². The molecule has 1 aliphatic carbocycles. The van der Waals surface area contributed by atoms with E-state index in [1.165, 1.54) is 4.90 Å². The molecule has 68 heavy (non-hydrogen) atoms. The summed E-state index contributed by atoms with van der Waals surface area (Å²) in [5.74, 6) is -7.24. The number of carbonyl (C=O) groups excluding carboxylic acids is 5. The van der Waals surface area contributed by atoms with Crippen LogP contribution < -0.4 is 0 Å². The third-order valence-electron chi connectivity index (χ3n) is 15.6. The number of rotatable bonds is 6. The van der Waals surface area contributed by atoms with Gasteiger partial charge in [0.1, 0.15) is 29.6 Å². The zero-order valence-electron chi connectivity index (χ0n) is 42.5. The van der Waals surface area contributed by atoms with Gasteiger partial charge < -0.3 is 48.3 Å². The molecule has 4 heterocycles. The number of aliphatic hydroxyl groups excluding tert-OH is 1. The molecule has 4 bridgehead atoms. The number of Topliss-reactive ketones (excluding diaryl/α,β-unsaturated/α-hetero) is 2. The van der Waals surface area contributed by atoms with Crippen molar-refractivity contribution >= 4 is 29.6 Å². The maximum Gasteiger partial charge on any atom is 0.509 e. The van der Waals surface area contributed by atoms with E-state index in [4.69, 9.17) is 33.2 Å². The van der Waals surface area contributed by atoms with Gasteiger partial charge >= 0.3 is 12.1 Å². The Bertz CT molecular complexity index is 1890. The van der Waals surface area contributed by atoms with Crippen molar-refractivity contribution in [2.75, 3.05) is 27.9 Å². The molecule has 0 aromatic rings. The van der Waals surface area contributed by atoms with E-state index in [2.05, 4.69) is 13.0 Å². The molecule has 4 fully saturated rings. The smallest absolute Gasteiger partial charge is 0.460 e. The fourth-order valence-corrected chi connectivity index (χ4v) is 11.1. The van der Waals surface area contributed by atoms with E-state index in [1.807, 2.05) is 45.1 Å². The fourth-order valence-electron chi connectivity index (χ4n) is 11.1. The van der Waals surface area contributed by atoms with Crippen molar-refractivity contribution in [3.05, 3.63) is 47.6 Å². The van der Waals surface area contributed by atoms with E-state index in [-0.39, 0.29) is 54.9 Å². The average molecular weight is 956 g/mol. The highest BCUT2D eigenvalue weighted by Gasteiger charge is 2.56. The average Bonchev–Trinajstić information content (AvgIpc) is 3.30. The lowest BCUT2D eigenvalue weighted by atomic mass is 9.78. The second-order valence-corrected chi connectivity index (χ2v) is 20.9. The third-order valence-corrected chi connectivity index (χ3v) is 15.6. The second-order valence-electron chi connectivity index (χ2n) is 20.9. The van der Waals surface area contributed by atoms with Crippen molar-refractivity contribution in [3.63, 3.8) is 0 Å². The number of nitrogens with zero attached hydrogens (tertiary/aromatic N) is 1. The Morgan fingerprint density at radius 3 is 2.28 bits per heavy atom. The molecule has 8 unspecified atom stereocenters. The summed E-state index contributed by atoms with van der Waals surface area (Å²) in [6.07, 6.45) is 11.2. The first kappa shape index (κ1) is 55.2. The number of methoxy groups -OCH3 is 3. The van der Waals surface area contributed by atoms with Crippen LogP contribution in [0.2, 0.25) is 0 Å². The molecule has 2 N–H and O–H groups in total. The molecule has 0 spiro atoms. The van der Waals surface area contributed by atoms with Crippen LogP contribution in [-0.2, 0) is 52.3 Å². The van der Waals surface area contributed by atoms with Gasteiger partial charge in [0.25, 0.3) is 11.7 Å². The standard InChI is InChI=1S/C53H81NO14/c1-31-17-13-12-14-18-32(2)42(62-9)29-39-21-19-37(7)53(61,68-39)48(57)49(58)54-24-16-15-23-52(54,8)50(59)65-43(34(4)27-38-20-22-40(55)44(28-38)63-10)30-41(56)33(3)26-36(6)46-47(64-11)45(35(5)25-31)66-51(60)67-46/h12-14,17-18,26,31,33-35,37-40,42-47,55,61H,15-16,19-25,27-30H2,1-11H3/t31-,33-,34-,35?,37?,38?,39+,40-,42+,43?,44?,45?,46?,47+,52+,53?/m1/s1. The van der Waals surface area contributed by atoms with Crippen molar-refractivity contribution in [2.24, 2.45) is 35.5 Å². The highest BCUT2D eigenvalue weighted by molar-refractivity contribution is 6.39. The molecule has 0 radical (unpaired) electrons. The lowest BCUT2D eigenvalue weighted by molar-refractivity contribution is -0.266. The number of ketones is 2. The van der Waals surface area contributed by atoms with Gasteiger partial charge in [-0.1, -0.05) is 71.1 Å². The Balaban J connectivity index is 1.51. The minimum Gasteiger partial charge on any atom is -0.460 e. The van der Waals surface area contributed by atoms with Crippen LogP contribution in [0.1, 0.15) is 132 Å². The number of amides is 1. The third kappa shape index (κ3) is 13.2. The van der Waals surface area contributed by atoms with Crippen LogP contribution in [-0.4, -0.2) is 133 Å². The lowest BCUT2D eigenvalue weighted by Gasteiger charge is -2.46. The Morgan fingerprint density at radius 1 is 0.853 bits per heavy atom. The van der Waals surface area contributed by atoms with Crippen molar-refractivity contribution in [3.8, 4) is 0 Å². The van der Waals surface area contributed by atoms with Gasteiger partial charge in [-0.3, -0.25) is 14.4 Å². The summed E-state index contributed by atoms with van der Waals surface area (Å²) in [5.41, 5.74) is -0.0956. The number of allylic oxidation sites excluding steroid dienone is 6. The SMILES string of the molecule is COC1CC(C[C@@H](C)C2CC(=O)[C@H](C)C=C(C)C3OC(=O)OC(C(C)C[C@H](C)C=CC=CC=C(C)[C@@H](OC)C[C@@H]4CCC(C)C(O)(O4)C(=O)C(=O)N4CCCC[C@@]4(C)C(=O)O2)[C@@H]3OC)CC[C@H]1O. The predicted octanol–water partition coefficient (Wildman–Crippen LogP) is 7.54. The van der Waals surface area contributed by atoms with Crippen LogP contribution in [0.3, 0.4) is 0 Å². The van der Waals surface area contributed by atoms with E-state index in [1.54, 1.807) is 55.1 Å². The fraction of sp³-hybridized carbons (Fsp3) is 0.755. The van der Waals surface area contributed by atoms with Gasteiger partial charge in [0.15, 0.2) is 6.10 Å². The number of piperidine rings is 1. The highest BCUT2D eigenvalue weighted by atomic mass is 16.8. The molecule has 16 atom stereocenters. The van der Waals surface area contributed by atoms with Crippen LogP contribution in [0.5, 0.6) is 0 Å². The number of carbonyl (C=O) groups is 5. The predicted molar refractivity (Wildman–Crippen MR) is 254 cm³/mol. The number of cyclic esters (lactones) is 1. The molecule has 15 heteroatoms. The molecular formula is C53H81NO14. The summed E-state index contributed by atoms with van der Waals surface area (Å²) in [5, 5.41) is 22.6. The summed E-state index contributed by atoms with van der Waals surface area (Å²) in [7, 11) is 4.71. The van der Waals surface area contributed by atoms with Gasteiger partial charge in [0.05, 0.1) is 24.4 Å². The molecule has 382 valence electrons. The summed E-state index contributed by atoms with van der Waals surface area (Å²) < 4.78 is 41.5. The van der Waals surface area contributed by atoms with Gasteiger partial charge in [-0.2, -0.15) is 0 Å². The second kappa shape index (κ2) is 24.4. The first-order valence-electron chi connectivity index (χ1n) is 25.0. The molecule has 1 saturated carbocycles. The van der Waals surface area contributed by atoms with Gasteiger partial charge in [-0.25, -0.2) is 9.59 Å². The number of aliphatic hydroxyl groups is 2. The molecule has 4 aliphatic heterocycles. The number of hydrogen-bond donors (Lipinski definition) is 2. The summed E-state index contributed by atoms with van der Waals surface area (Å²) in [6.45, 7) is 14.8. The van der Waals surface area contributed by atoms with Crippen molar-refractivity contribution in [2.45, 2.75) is 193 Å². The Labute approximate surface area is 404 Å². The van der Waals surface area contributed by atoms with Crippen LogP contribution in [0.25, 0.3) is 0 Å². The zero-order valence-corrected chi connectivity index (χ0v) is 42.5. The van der Waals surface area contributed by atoms with E-state index in [0.29, 0.717) is 63.4 Å². The first-order chi connectivity index (χ1) is 32.2. The Hall–Kier alpha value is -3.73. The monoisotopic (exact) mass is 956 g/mol. The summed E-state index contributed by atoms with van der Waals surface area (Å²) in [6, 6.07) is 0. The molecule has 5 aliphatic rings. The molecule has 0 aromatic heterocycles. The number of ether oxygens (including phenoxy) is 7. The number of esters is 1. The van der Waals surface area contributed by atoms with E-state index in [0.717, 1.165) is 12.0 Å². The molecule has 1 amide bonds. The normalized spacial score (nSPS) is 39.5. The maximum atomic E-state index is 14.8. The van der Waals surface area contributed by atoms with E-state index in [9.17, 15) is 34.2 Å². The molecular weight excluding hydrogens is 875 g/mol. The van der Waals surface area contributed by atoms with E-state index < -0.39 is 89.7 Å². The lowest BCUT2D eigenvalue weighted by Crippen LogP contribution is -2.64. The Kier molecular flexibility index (Phi) is 19.8. The molecule has 5 rings (SSSR count). The highest BCUT2D eigenvalue weighted by Crippen LogP contribution is 2.40. The van der Waals surface area contributed by atoms with Crippen molar-refractivity contribution < 1.29 is 67.3 Å². The maximum absolute atomic E-state index is 14.8.